The molecule has 1 heterocycles. The number of carbonyl (C=O) groups excluding carboxylic acids is 1. The molecule has 3 rings (SSSR count). The van der Waals surface area contributed by atoms with Crippen LogP contribution in [0.1, 0.15) is 10.4 Å². The van der Waals surface area contributed by atoms with E-state index >= 15 is 0 Å². The Morgan fingerprint density at radius 1 is 1.04 bits per heavy atom. The van der Waals surface area contributed by atoms with Crippen LogP contribution in [0.25, 0.3) is 11.3 Å². The summed E-state index contributed by atoms with van der Waals surface area (Å²) >= 11 is 0. The summed E-state index contributed by atoms with van der Waals surface area (Å²) in [7, 11) is 3.16. The van der Waals surface area contributed by atoms with E-state index in [-0.39, 0.29) is 11.5 Å². The number of benzene rings is 2. The normalized spacial score (nSPS) is 10.3. The number of nitrogens with one attached hydrogen (secondary N) is 1. The third-order valence-electron chi connectivity index (χ3n) is 3.76. The van der Waals surface area contributed by atoms with E-state index in [1.54, 1.807) is 50.6 Å². The number of nitrogens with zero attached hydrogens (tertiary/aromatic N) is 2. The summed E-state index contributed by atoms with van der Waals surface area (Å²) in [6, 6.07) is 17.3. The number of amides is 1. The minimum absolute atomic E-state index is 0.191. The highest BCUT2D eigenvalue weighted by Crippen LogP contribution is 2.26. The van der Waals surface area contributed by atoms with Gasteiger partial charge < -0.3 is 10.1 Å². The minimum atomic E-state index is -0.236. The van der Waals surface area contributed by atoms with Crippen molar-refractivity contribution in [1.82, 2.24) is 9.78 Å². The van der Waals surface area contributed by atoms with Gasteiger partial charge in [-0.1, -0.05) is 18.2 Å². The van der Waals surface area contributed by atoms with Gasteiger partial charge in [0.1, 0.15) is 5.75 Å². The Balaban J connectivity index is 1.91. The van der Waals surface area contributed by atoms with Gasteiger partial charge in [-0.05, 0) is 36.4 Å². The largest absolute Gasteiger partial charge is 0.497 e. The van der Waals surface area contributed by atoms with E-state index in [1.165, 1.54) is 10.7 Å². The molecule has 0 radical (unpaired) electrons. The summed E-state index contributed by atoms with van der Waals surface area (Å²) in [6.07, 6.45) is 0. The van der Waals surface area contributed by atoms with Crippen molar-refractivity contribution in [3.05, 3.63) is 76.6 Å². The molecule has 0 atom stereocenters. The highest BCUT2D eigenvalue weighted by Gasteiger charge is 2.11. The van der Waals surface area contributed by atoms with Gasteiger partial charge in [0.05, 0.1) is 18.5 Å². The molecule has 6 nitrogen and oxygen atoms in total. The molecule has 1 N–H and O–H groups in total. The van der Waals surface area contributed by atoms with Gasteiger partial charge in [0.2, 0.25) is 0 Å². The van der Waals surface area contributed by atoms with Crippen molar-refractivity contribution in [2.75, 3.05) is 12.4 Å². The van der Waals surface area contributed by atoms with Gasteiger partial charge in [0.25, 0.3) is 11.5 Å². The first-order valence-corrected chi connectivity index (χ1v) is 7.67. The minimum Gasteiger partial charge on any atom is -0.497 e. The monoisotopic (exact) mass is 335 g/mol. The molecule has 6 heteroatoms. The molecule has 0 aliphatic carbocycles. The highest BCUT2D eigenvalue weighted by atomic mass is 16.5. The second-order valence-electron chi connectivity index (χ2n) is 5.41. The summed E-state index contributed by atoms with van der Waals surface area (Å²) in [4.78, 5) is 24.0. The first kappa shape index (κ1) is 16.4. The van der Waals surface area contributed by atoms with Gasteiger partial charge in [-0.2, -0.15) is 5.10 Å². The molecule has 0 unspecified atom stereocenters. The van der Waals surface area contributed by atoms with Crippen molar-refractivity contribution in [1.29, 1.82) is 0 Å². The van der Waals surface area contributed by atoms with Crippen LogP contribution >= 0.6 is 0 Å². The Morgan fingerprint density at radius 2 is 1.76 bits per heavy atom. The van der Waals surface area contributed by atoms with E-state index in [9.17, 15) is 9.59 Å². The number of ether oxygens (including phenoxy) is 1. The summed E-state index contributed by atoms with van der Waals surface area (Å²) in [5, 5.41) is 7.13. The first-order valence-electron chi connectivity index (χ1n) is 7.67. The highest BCUT2D eigenvalue weighted by molar-refractivity contribution is 6.06. The van der Waals surface area contributed by atoms with Crippen LogP contribution in [0.3, 0.4) is 0 Å². The molecule has 25 heavy (non-hydrogen) atoms. The summed E-state index contributed by atoms with van der Waals surface area (Å²) in [5.41, 5.74) is 2.29. The van der Waals surface area contributed by atoms with Crippen molar-refractivity contribution < 1.29 is 9.53 Å². The number of anilines is 1. The van der Waals surface area contributed by atoms with E-state index in [0.29, 0.717) is 22.7 Å². The maximum absolute atomic E-state index is 12.5. The van der Waals surface area contributed by atoms with E-state index in [1.807, 2.05) is 18.2 Å². The van der Waals surface area contributed by atoms with Crippen molar-refractivity contribution in [3.8, 4) is 17.0 Å². The van der Waals surface area contributed by atoms with Crippen molar-refractivity contribution >= 4 is 11.6 Å². The topological polar surface area (TPSA) is 73.2 Å². The second kappa shape index (κ2) is 7.00. The number of aromatic nitrogens is 2. The zero-order valence-corrected chi connectivity index (χ0v) is 13.9. The number of methoxy groups -OCH3 is 1. The van der Waals surface area contributed by atoms with E-state index in [4.69, 9.17) is 4.74 Å². The molecule has 3 aromatic rings. The average Bonchev–Trinajstić information content (AvgIpc) is 2.64. The van der Waals surface area contributed by atoms with Crippen molar-refractivity contribution in [2.45, 2.75) is 0 Å². The van der Waals surface area contributed by atoms with Gasteiger partial charge in [0.15, 0.2) is 0 Å². The van der Waals surface area contributed by atoms with Gasteiger partial charge in [0, 0.05) is 24.2 Å². The molecule has 1 aromatic heterocycles. The van der Waals surface area contributed by atoms with Crippen LogP contribution in [0.2, 0.25) is 0 Å². The van der Waals surface area contributed by atoms with Crippen LogP contribution in [0.5, 0.6) is 5.75 Å². The Labute approximate surface area is 144 Å². The standard InChI is InChI=1S/C19H17N3O3/c1-22-18(23)12-11-17(21-22)15-5-3-4-6-16(15)20-19(24)13-7-9-14(25-2)10-8-13/h3-12H,1-2H3,(H,20,24). The van der Waals surface area contributed by atoms with Gasteiger partial charge >= 0.3 is 0 Å². The fourth-order valence-corrected chi connectivity index (χ4v) is 2.40. The number of hydrogen-bond acceptors (Lipinski definition) is 4. The predicted octanol–water partition coefficient (Wildman–Crippen LogP) is 2.71. The Bertz CT molecular complexity index is 962. The predicted molar refractivity (Wildman–Crippen MR) is 95.9 cm³/mol. The average molecular weight is 335 g/mol. The third kappa shape index (κ3) is 3.58. The molecule has 1 amide bonds. The molecular weight excluding hydrogens is 318 g/mol. The van der Waals surface area contributed by atoms with Crippen LogP contribution in [-0.4, -0.2) is 22.8 Å². The van der Waals surface area contributed by atoms with Crippen molar-refractivity contribution in [2.24, 2.45) is 7.05 Å². The molecule has 0 saturated carbocycles. The maximum atomic E-state index is 12.5. The van der Waals surface area contributed by atoms with Crippen molar-refractivity contribution in [3.63, 3.8) is 0 Å². The fourth-order valence-electron chi connectivity index (χ4n) is 2.40. The molecule has 0 saturated heterocycles. The zero-order valence-electron chi connectivity index (χ0n) is 13.9. The molecule has 126 valence electrons. The zero-order chi connectivity index (χ0) is 17.8. The Morgan fingerprint density at radius 3 is 2.44 bits per heavy atom. The second-order valence-corrected chi connectivity index (χ2v) is 5.41. The van der Waals surface area contributed by atoms with Crippen LogP contribution in [0, 0.1) is 0 Å². The molecule has 0 spiro atoms. The number of aryl methyl sites for hydroxylation is 1. The maximum Gasteiger partial charge on any atom is 0.266 e. The van der Waals surface area contributed by atoms with Gasteiger partial charge in [-0.25, -0.2) is 4.68 Å². The summed E-state index contributed by atoms with van der Waals surface area (Å²) in [5.74, 6) is 0.450. The molecular formula is C19H17N3O3. The third-order valence-corrected chi connectivity index (χ3v) is 3.76. The summed E-state index contributed by atoms with van der Waals surface area (Å²) in [6.45, 7) is 0. The first-order chi connectivity index (χ1) is 12.1. The van der Waals surface area contributed by atoms with E-state index < -0.39 is 0 Å². The molecule has 0 aliphatic heterocycles. The number of hydrogen-bond donors (Lipinski definition) is 1. The quantitative estimate of drug-likeness (QED) is 0.795. The molecule has 2 aromatic carbocycles. The Kier molecular flexibility index (Phi) is 4.61. The number of rotatable bonds is 4. The van der Waals surface area contributed by atoms with Gasteiger partial charge in [-0.15, -0.1) is 0 Å². The Hall–Kier alpha value is -3.41. The lowest BCUT2D eigenvalue weighted by Crippen LogP contribution is -2.18. The smallest absolute Gasteiger partial charge is 0.266 e. The van der Waals surface area contributed by atoms with E-state index in [2.05, 4.69) is 10.4 Å². The lowest BCUT2D eigenvalue weighted by molar-refractivity contribution is 0.102. The van der Waals surface area contributed by atoms with Gasteiger partial charge in [-0.3, -0.25) is 9.59 Å². The van der Waals surface area contributed by atoms with Crippen LogP contribution in [-0.2, 0) is 7.05 Å². The lowest BCUT2D eigenvalue weighted by Gasteiger charge is -2.11. The lowest BCUT2D eigenvalue weighted by atomic mass is 10.1. The van der Waals surface area contributed by atoms with Crippen LogP contribution in [0.4, 0.5) is 5.69 Å². The van der Waals surface area contributed by atoms with E-state index in [0.717, 1.165) is 5.56 Å². The molecule has 0 aliphatic rings. The van der Waals surface area contributed by atoms with Crippen LogP contribution < -0.4 is 15.6 Å². The molecule has 0 fully saturated rings. The summed E-state index contributed by atoms with van der Waals surface area (Å²) < 4.78 is 6.36. The van der Waals surface area contributed by atoms with Crippen LogP contribution in [0.15, 0.2) is 65.5 Å². The SMILES string of the molecule is COc1ccc(C(=O)Nc2ccccc2-c2ccc(=O)n(C)n2)cc1. The number of para-hydroxylation sites is 1. The number of carbonyl (C=O) groups is 1. The fraction of sp³-hybridized carbons (Fsp3) is 0.105. The molecule has 0 bridgehead atoms.